The predicted molar refractivity (Wildman–Crippen MR) is 47.7 cm³/mol. The Morgan fingerprint density at radius 2 is 2.18 bits per heavy atom. The molecule has 0 aliphatic heterocycles. The van der Waals surface area contributed by atoms with Crippen molar-refractivity contribution in [1.29, 1.82) is 0 Å². The zero-order valence-electron chi connectivity index (χ0n) is 6.25. The van der Waals surface area contributed by atoms with E-state index in [1.165, 1.54) is 0 Å². The van der Waals surface area contributed by atoms with Gasteiger partial charge in [0, 0.05) is 17.9 Å². The van der Waals surface area contributed by atoms with E-state index >= 15 is 0 Å². The van der Waals surface area contributed by atoms with Crippen LogP contribution in [0.25, 0.3) is 0 Å². The molecule has 0 spiro atoms. The van der Waals surface area contributed by atoms with Gasteiger partial charge in [0.25, 0.3) is 10.1 Å². The van der Waals surface area contributed by atoms with E-state index in [0.717, 1.165) is 0 Å². The first-order valence-corrected chi connectivity index (χ1v) is 5.74. The van der Waals surface area contributed by atoms with Gasteiger partial charge in [0.1, 0.15) is 0 Å². The van der Waals surface area contributed by atoms with Crippen LogP contribution < -0.4 is 5.32 Å². The van der Waals surface area contributed by atoms with Gasteiger partial charge in [-0.2, -0.15) is 8.42 Å². The molecule has 4 nitrogen and oxygen atoms in total. The molecule has 0 saturated heterocycles. The highest BCUT2D eigenvalue weighted by molar-refractivity contribution is 9.09. The largest absolute Gasteiger partial charge is 0.315 e. The van der Waals surface area contributed by atoms with Crippen molar-refractivity contribution in [1.82, 2.24) is 5.32 Å². The minimum atomic E-state index is -3.80. The number of rotatable bonds is 5. The Kier molecular flexibility index (Phi) is 5.24. The van der Waals surface area contributed by atoms with E-state index < -0.39 is 10.1 Å². The molecule has 11 heavy (non-hydrogen) atoms. The maximum absolute atomic E-state index is 10.2. The lowest BCUT2D eigenvalue weighted by molar-refractivity contribution is 0.480. The number of hydrogen-bond donors (Lipinski definition) is 2. The van der Waals surface area contributed by atoms with Crippen molar-refractivity contribution in [2.45, 2.75) is 11.8 Å². The van der Waals surface area contributed by atoms with Crippen LogP contribution in [0.15, 0.2) is 0 Å². The van der Waals surface area contributed by atoms with Gasteiger partial charge in [-0.3, -0.25) is 4.55 Å². The standard InChI is InChI=1S/C5H12BrNO3S/c1-5(6)4-7-2-3-11(8,9)10/h5,7H,2-4H2,1H3,(H,8,9,10). The second kappa shape index (κ2) is 5.08. The maximum atomic E-state index is 10.2. The number of halogens is 1. The number of alkyl halides is 1. The fourth-order valence-electron chi connectivity index (χ4n) is 0.502. The topological polar surface area (TPSA) is 66.4 Å². The first-order chi connectivity index (χ1) is 4.92. The summed E-state index contributed by atoms with van der Waals surface area (Å²) in [6.45, 7) is 2.92. The molecule has 1 atom stereocenters. The third kappa shape index (κ3) is 10.4. The van der Waals surface area contributed by atoms with Crippen LogP contribution in [0.5, 0.6) is 0 Å². The van der Waals surface area contributed by atoms with Crippen LogP contribution in [0.2, 0.25) is 0 Å². The molecule has 0 rings (SSSR count). The summed E-state index contributed by atoms with van der Waals surface area (Å²) in [6, 6.07) is 0. The summed E-state index contributed by atoms with van der Waals surface area (Å²) < 4.78 is 28.7. The molecule has 0 aliphatic carbocycles. The first kappa shape index (κ1) is 11.4. The molecule has 0 aliphatic rings. The van der Waals surface area contributed by atoms with Crippen LogP contribution in [0.1, 0.15) is 6.92 Å². The van der Waals surface area contributed by atoms with E-state index in [1.807, 2.05) is 6.92 Å². The van der Waals surface area contributed by atoms with E-state index in [-0.39, 0.29) is 12.3 Å². The van der Waals surface area contributed by atoms with Crippen molar-refractivity contribution in [2.24, 2.45) is 0 Å². The number of nitrogens with one attached hydrogen (secondary N) is 1. The lowest BCUT2D eigenvalue weighted by Crippen LogP contribution is -2.26. The van der Waals surface area contributed by atoms with Crippen LogP contribution in [0.4, 0.5) is 0 Å². The monoisotopic (exact) mass is 245 g/mol. The Morgan fingerprint density at radius 1 is 1.64 bits per heavy atom. The molecule has 0 bridgehead atoms. The Bertz CT molecular complexity index is 190. The fraction of sp³-hybridized carbons (Fsp3) is 1.00. The molecule has 0 aromatic rings. The van der Waals surface area contributed by atoms with Gasteiger partial charge in [-0.1, -0.05) is 22.9 Å². The summed E-state index contributed by atoms with van der Waals surface area (Å²) in [7, 11) is -3.80. The molecule has 6 heteroatoms. The van der Waals surface area contributed by atoms with Crippen LogP contribution >= 0.6 is 15.9 Å². The Morgan fingerprint density at radius 3 is 2.55 bits per heavy atom. The van der Waals surface area contributed by atoms with Crippen molar-refractivity contribution < 1.29 is 13.0 Å². The molecule has 0 aromatic heterocycles. The molecule has 0 aromatic carbocycles. The highest BCUT2D eigenvalue weighted by Crippen LogP contribution is 1.93. The molecular weight excluding hydrogens is 234 g/mol. The summed E-state index contributed by atoms with van der Waals surface area (Å²) in [5.41, 5.74) is 0. The Hall–Kier alpha value is 0.350. The third-order valence-corrected chi connectivity index (χ3v) is 2.01. The average Bonchev–Trinajstić information content (AvgIpc) is 1.78. The number of hydrogen-bond acceptors (Lipinski definition) is 3. The molecule has 0 amide bonds. The van der Waals surface area contributed by atoms with Gasteiger partial charge >= 0.3 is 0 Å². The third-order valence-electron chi connectivity index (χ3n) is 0.962. The smallest absolute Gasteiger partial charge is 0.266 e. The molecule has 68 valence electrons. The van der Waals surface area contributed by atoms with Crippen LogP contribution in [0, 0.1) is 0 Å². The van der Waals surface area contributed by atoms with Crippen molar-refractivity contribution in [3.8, 4) is 0 Å². The highest BCUT2D eigenvalue weighted by Gasteiger charge is 2.02. The lowest BCUT2D eigenvalue weighted by Gasteiger charge is -2.03. The van der Waals surface area contributed by atoms with E-state index in [9.17, 15) is 8.42 Å². The zero-order chi connectivity index (χ0) is 8.91. The van der Waals surface area contributed by atoms with Gasteiger partial charge in [-0.05, 0) is 0 Å². The van der Waals surface area contributed by atoms with Gasteiger partial charge in [0.05, 0.1) is 5.75 Å². The maximum Gasteiger partial charge on any atom is 0.266 e. The minimum Gasteiger partial charge on any atom is -0.315 e. The van der Waals surface area contributed by atoms with Crippen molar-refractivity contribution in [2.75, 3.05) is 18.8 Å². The Labute approximate surface area is 75.2 Å². The molecule has 0 radical (unpaired) electrons. The summed E-state index contributed by atoms with van der Waals surface area (Å²) >= 11 is 3.28. The average molecular weight is 246 g/mol. The highest BCUT2D eigenvalue weighted by atomic mass is 79.9. The second-order valence-corrected chi connectivity index (χ2v) is 5.41. The second-order valence-electron chi connectivity index (χ2n) is 2.27. The lowest BCUT2D eigenvalue weighted by atomic mass is 10.5. The fourth-order valence-corrected chi connectivity index (χ4v) is 1.13. The van der Waals surface area contributed by atoms with E-state index in [4.69, 9.17) is 4.55 Å². The SMILES string of the molecule is CC(Br)CNCCS(=O)(=O)O. The van der Waals surface area contributed by atoms with Crippen molar-refractivity contribution in [3.05, 3.63) is 0 Å². The van der Waals surface area contributed by atoms with Crippen LogP contribution in [-0.2, 0) is 10.1 Å². The normalized spacial score (nSPS) is 14.8. The molecule has 1 unspecified atom stereocenters. The summed E-state index contributed by atoms with van der Waals surface area (Å²) in [5, 5.41) is 2.86. The predicted octanol–water partition coefficient (Wildman–Crippen LogP) is 0.247. The van der Waals surface area contributed by atoms with Gasteiger partial charge in [0.15, 0.2) is 0 Å². The van der Waals surface area contributed by atoms with Crippen molar-refractivity contribution in [3.63, 3.8) is 0 Å². The van der Waals surface area contributed by atoms with Gasteiger partial charge in [0.2, 0.25) is 0 Å². The quantitative estimate of drug-likeness (QED) is 0.414. The molecule has 0 fully saturated rings. The van der Waals surface area contributed by atoms with Crippen LogP contribution in [-0.4, -0.2) is 36.6 Å². The van der Waals surface area contributed by atoms with Gasteiger partial charge in [-0.25, -0.2) is 0 Å². The van der Waals surface area contributed by atoms with Gasteiger partial charge < -0.3 is 5.32 Å². The summed E-state index contributed by atoms with van der Waals surface area (Å²) in [4.78, 5) is 0.309. The Balaban J connectivity index is 3.30. The molecule has 0 saturated carbocycles. The van der Waals surface area contributed by atoms with Crippen molar-refractivity contribution >= 4 is 26.0 Å². The van der Waals surface area contributed by atoms with E-state index in [0.29, 0.717) is 11.4 Å². The summed E-state index contributed by atoms with van der Waals surface area (Å²) in [6.07, 6.45) is 0. The zero-order valence-corrected chi connectivity index (χ0v) is 8.65. The van der Waals surface area contributed by atoms with E-state index in [1.54, 1.807) is 0 Å². The molecule has 0 heterocycles. The molecular formula is C5H12BrNO3S. The van der Waals surface area contributed by atoms with E-state index in [2.05, 4.69) is 21.2 Å². The summed E-state index contributed by atoms with van der Waals surface area (Å²) in [5.74, 6) is -0.229. The minimum absolute atomic E-state index is 0.229. The molecule has 2 N–H and O–H groups in total. The van der Waals surface area contributed by atoms with Gasteiger partial charge in [-0.15, -0.1) is 0 Å². The van der Waals surface area contributed by atoms with Crippen LogP contribution in [0.3, 0.4) is 0 Å². The first-order valence-electron chi connectivity index (χ1n) is 3.22.